The van der Waals surface area contributed by atoms with Gasteiger partial charge in [0.25, 0.3) is 0 Å². The van der Waals surface area contributed by atoms with Gasteiger partial charge in [-0.1, -0.05) is 0 Å². The topological polar surface area (TPSA) is 41.3 Å². The number of halogens is 1. The third kappa shape index (κ3) is 2.05. The minimum atomic E-state index is 0.0713. The average Bonchev–Trinajstić information content (AvgIpc) is 2.04. The van der Waals surface area contributed by atoms with Gasteiger partial charge in [0.1, 0.15) is 0 Å². The number of alkyl halides is 1. The molecule has 12 heavy (non-hydrogen) atoms. The molecule has 0 fully saturated rings. The van der Waals surface area contributed by atoms with E-state index in [4.69, 9.17) is 17.3 Å². The molecule has 4 heteroatoms. The summed E-state index contributed by atoms with van der Waals surface area (Å²) in [6.45, 7) is 3.74. The molecule has 0 radical (unpaired) electrons. The highest BCUT2D eigenvalue weighted by molar-refractivity contribution is 6.20. The largest absolute Gasteiger partial charge is 0.400 e. The summed E-state index contributed by atoms with van der Waals surface area (Å²) in [7, 11) is 1.90. The van der Waals surface area contributed by atoms with E-state index in [1.807, 2.05) is 14.0 Å². The highest BCUT2D eigenvalue weighted by Crippen LogP contribution is 2.15. The van der Waals surface area contributed by atoms with E-state index in [0.29, 0.717) is 0 Å². The van der Waals surface area contributed by atoms with Gasteiger partial charge in [-0.2, -0.15) is 0 Å². The zero-order chi connectivity index (χ0) is 9.14. The second-order valence-corrected chi connectivity index (χ2v) is 3.68. The van der Waals surface area contributed by atoms with Crippen molar-refractivity contribution in [1.82, 2.24) is 10.2 Å². The van der Waals surface area contributed by atoms with Gasteiger partial charge in [0.15, 0.2) is 0 Å². The fraction of sp³-hybridized carbons (Fsp3) is 0.750. The van der Waals surface area contributed by atoms with Crippen LogP contribution >= 0.6 is 11.6 Å². The molecule has 1 atom stereocenters. The lowest BCUT2D eigenvalue weighted by atomic mass is 10.1. The van der Waals surface area contributed by atoms with E-state index in [9.17, 15) is 0 Å². The molecule has 3 N–H and O–H groups in total. The van der Waals surface area contributed by atoms with Gasteiger partial charge >= 0.3 is 0 Å². The normalized spacial score (nSPS) is 22.6. The van der Waals surface area contributed by atoms with E-state index in [1.54, 1.807) is 0 Å². The number of hydrogen-bond donors (Lipinski definition) is 2. The number of rotatable bonds is 2. The van der Waals surface area contributed by atoms with Gasteiger partial charge in [-0.15, -0.1) is 11.6 Å². The fourth-order valence-corrected chi connectivity index (χ4v) is 1.57. The summed E-state index contributed by atoms with van der Waals surface area (Å²) in [5.74, 6) is 0. The lowest BCUT2D eigenvalue weighted by molar-refractivity contribution is 0.269. The molecule has 0 amide bonds. The maximum Gasteiger partial charge on any atom is 0.0825 e. The highest BCUT2D eigenvalue weighted by atomic mass is 35.5. The maximum absolute atomic E-state index is 5.94. The molecule has 0 bridgehead atoms. The van der Waals surface area contributed by atoms with Crippen molar-refractivity contribution in [2.45, 2.75) is 18.8 Å². The maximum atomic E-state index is 5.94. The van der Waals surface area contributed by atoms with Crippen LogP contribution in [0.2, 0.25) is 0 Å². The molecule has 0 spiro atoms. The van der Waals surface area contributed by atoms with E-state index in [2.05, 4.69) is 10.2 Å². The second-order valence-electron chi connectivity index (χ2n) is 3.05. The van der Waals surface area contributed by atoms with Crippen LogP contribution in [-0.4, -0.2) is 30.5 Å². The van der Waals surface area contributed by atoms with Crippen LogP contribution < -0.4 is 11.1 Å². The summed E-state index contributed by atoms with van der Waals surface area (Å²) < 4.78 is 0. The van der Waals surface area contributed by atoms with Crippen LogP contribution in [0.15, 0.2) is 11.4 Å². The second kappa shape index (κ2) is 4.01. The molecule has 1 unspecified atom stereocenters. The van der Waals surface area contributed by atoms with Crippen LogP contribution in [0.5, 0.6) is 0 Å². The molecule has 1 aliphatic rings. The van der Waals surface area contributed by atoms with E-state index < -0.39 is 0 Å². The van der Waals surface area contributed by atoms with Crippen LogP contribution in [0.25, 0.3) is 0 Å². The van der Waals surface area contributed by atoms with Crippen molar-refractivity contribution in [1.29, 1.82) is 0 Å². The molecule has 0 aromatic carbocycles. The standard InChI is InChI=1S/C8H16ClN3/c1-6(9)12-4-3-8(11-2)7(10)5-12/h6,11H,3-5,10H2,1-2H3. The molecular formula is C8H16ClN3. The lowest BCUT2D eigenvalue weighted by Crippen LogP contribution is -2.39. The Morgan fingerprint density at radius 3 is 2.75 bits per heavy atom. The van der Waals surface area contributed by atoms with Crippen molar-refractivity contribution >= 4 is 11.6 Å². The Labute approximate surface area is 78.6 Å². The molecule has 1 heterocycles. The third-order valence-electron chi connectivity index (χ3n) is 2.22. The predicted molar refractivity (Wildman–Crippen MR) is 51.8 cm³/mol. The van der Waals surface area contributed by atoms with Gasteiger partial charge in [0.05, 0.1) is 5.50 Å². The minimum absolute atomic E-state index is 0.0713. The Hall–Kier alpha value is -0.410. The zero-order valence-corrected chi connectivity index (χ0v) is 8.36. The number of nitrogens with two attached hydrogens (primary N) is 1. The molecule has 0 saturated carbocycles. The van der Waals surface area contributed by atoms with Crippen molar-refractivity contribution in [2.75, 3.05) is 20.1 Å². The Morgan fingerprint density at radius 1 is 1.67 bits per heavy atom. The molecule has 0 aliphatic carbocycles. The van der Waals surface area contributed by atoms with Gasteiger partial charge < -0.3 is 11.1 Å². The molecule has 0 aromatic rings. The van der Waals surface area contributed by atoms with Crippen molar-refractivity contribution in [2.24, 2.45) is 5.73 Å². The van der Waals surface area contributed by atoms with Gasteiger partial charge in [-0.25, -0.2) is 0 Å². The summed E-state index contributed by atoms with van der Waals surface area (Å²) in [6.07, 6.45) is 0.972. The van der Waals surface area contributed by atoms with E-state index in [0.717, 1.165) is 30.9 Å². The monoisotopic (exact) mass is 189 g/mol. The van der Waals surface area contributed by atoms with Crippen LogP contribution in [0.4, 0.5) is 0 Å². The molecule has 70 valence electrons. The molecule has 0 saturated heterocycles. The van der Waals surface area contributed by atoms with Crippen LogP contribution in [0.3, 0.4) is 0 Å². The van der Waals surface area contributed by atoms with E-state index >= 15 is 0 Å². The Balaban J connectivity index is 2.59. The SMILES string of the molecule is CNC1=C(N)CN(C(C)Cl)CC1. The summed E-state index contributed by atoms with van der Waals surface area (Å²) in [5.41, 5.74) is 7.98. The molecule has 1 rings (SSSR count). The van der Waals surface area contributed by atoms with Crippen LogP contribution in [-0.2, 0) is 0 Å². The Bertz CT molecular complexity index is 189. The molecule has 1 aliphatic heterocycles. The Kier molecular flexibility index (Phi) is 3.23. The van der Waals surface area contributed by atoms with Crippen LogP contribution in [0.1, 0.15) is 13.3 Å². The summed E-state index contributed by atoms with van der Waals surface area (Å²) in [4.78, 5) is 2.15. The van der Waals surface area contributed by atoms with Gasteiger partial charge in [0, 0.05) is 38.0 Å². The first-order valence-electron chi connectivity index (χ1n) is 4.18. The summed E-state index contributed by atoms with van der Waals surface area (Å²) in [6, 6.07) is 0. The first-order valence-corrected chi connectivity index (χ1v) is 4.62. The van der Waals surface area contributed by atoms with Crippen LogP contribution in [0, 0.1) is 0 Å². The number of nitrogens with zero attached hydrogens (tertiary/aromatic N) is 1. The Morgan fingerprint density at radius 2 is 2.33 bits per heavy atom. The quantitative estimate of drug-likeness (QED) is 0.496. The van der Waals surface area contributed by atoms with Gasteiger partial charge in [0.2, 0.25) is 0 Å². The number of hydrogen-bond acceptors (Lipinski definition) is 3. The lowest BCUT2D eigenvalue weighted by Gasteiger charge is -2.30. The van der Waals surface area contributed by atoms with E-state index in [1.165, 1.54) is 0 Å². The van der Waals surface area contributed by atoms with Gasteiger partial charge in [-0.05, 0) is 6.92 Å². The molecular weight excluding hydrogens is 174 g/mol. The molecule has 3 nitrogen and oxygen atoms in total. The smallest absolute Gasteiger partial charge is 0.0825 e. The van der Waals surface area contributed by atoms with Crippen molar-refractivity contribution < 1.29 is 0 Å². The predicted octanol–water partition coefficient (Wildman–Crippen LogP) is 0.667. The minimum Gasteiger partial charge on any atom is -0.400 e. The average molecular weight is 190 g/mol. The van der Waals surface area contributed by atoms with Gasteiger partial charge in [-0.3, -0.25) is 4.90 Å². The van der Waals surface area contributed by atoms with E-state index in [-0.39, 0.29) is 5.50 Å². The molecule has 0 aromatic heterocycles. The van der Waals surface area contributed by atoms with Crippen molar-refractivity contribution in [3.05, 3.63) is 11.4 Å². The highest BCUT2D eigenvalue weighted by Gasteiger charge is 2.18. The number of nitrogens with one attached hydrogen (secondary N) is 1. The zero-order valence-electron chi connectivity index (χ0n) is 7.60. The van der Waals surface area contributed by atoms with Crippen molar-refractivity contribution in [3.63, 3.8) is 0 Å². The third-order valence-corrected chi connectivity index (χ3v) is 2.49. The summed E-state index contributed by atoms with van der Waals surface area (Å²) >= 11 is 5.94. The first kappa shape index (κ1) is 9.68. The summed E-state index contributed by atoms with van der Waals surface area (Å²) in [5, 5.41) is 3.10. The first-order chi connectivity index (χ1) is 5.65. The van der Waals surface area contributed by atoms with Crippen molar-refractivity contribution in [3.8, 4) is 0 Å². The fourth-order valence-electron chi connectivity index (χ4n) is 1.40.